The Balaban J connectivity index is 2.41. The van der Waals surface area contributed by atoms with Gasteiger partial charge in [0, 0.05) is 25.2 Å². The molecule has 0 atom stereocenters. The molecule has 0 spiro atoms. The van der Waals surface area contributed by atoms with Gasteiger partial charge in [-0.3, -0.25) is 0 Å². The van der Waals surface area contributed by atoms with Gasteiger partial charge in [-0.1, -0.05) is 0 Å². The summed E-state index contributed by atoms with van der Waals surface area (Å²) in [5.74, 6) is 0. The van der Waals surface area contributed by atoms with Crippen LogP contribution in [-0.2, 0) is 0 Å². The molecule has 1 rings (SSSR count). The summed E-state index contributed by atoms with van der Waals surface area (Å²) in [5, 5.41) is 22.3. The fraction of sp³-hybridized carbons (Fsp3) is 0.909. The highest BCUT2D eigenvalue weighted by Crippen LogP contribution is 2.22. The molecule has 0 aromatic carbocycles. The number of amides is 1. The Morgan fingerprint density at radius 1 is 1.38 bits per heavy atom. The molecule has 1 aliphatic rings. The molecule has 0 aromatic heterocycles. The van der Waals surface area contributed by atoms with Gasteiger partial charge < -0.3 is 20.4 Å². The summed E-state index contributed by atoms with van der Waals surface area (Å²) in [6.07, 6.45) is 0.107. The van der Waals surface area contributed by atoms with Crippen LogP contribution in [0.25, 0.3) is 0 Å². The van der Waals surface area contributed by atoms with Crippen LogP contribution in [0.2, 0.25) is 0 Å². The maximum Gasteiger partial charge on any atom is 0.407 e. The molecule has 0 radical (unpaired) electrons. The van der Waals surface area contributed by atoms with E-state index in [4.69, 9.17) is 5.11 Å². The Bertz CT molecular complexity index is 252. The molecule has 0 aliphatic carbocycles. The monoisotopic (exact) mass is 230 g/mol. The molecular formula is C11H22N2O3. The molecular weight excluding hydrogens is 208 g/mol. The Kier molecular flexibility index (Phi) is 3.80. The van der Waals surface area contributed by atoms with E-state index in [1.54, 1.807) is 0 Å². The number of β-amino-alcohol motifs (C(OH)–C–C–N with tert-alkyl or cyclic N) is 1. The zero-order valence-electron chi connectivity index (χ0n) is 10.3. The lowest BCUT2D eigenvalue weighted by Crippen LogP contribution is -2.53. The molecule has 1 aliphatic heterocycles. The van der Waals surface area contributed by atoms with Crippen LogP contribution in [0.1, 0.15) is 33.6 Å². The van der Waals surface area contributed by atoms with Crippen molar-refractivity contribution in [2.45, 2.75) is 44.8 Å². The average Bonchev–Trinajstić information content (AvgIpc) is 2.15. The lowest BCUT2D eigenvalue weighted by Gasteiger charge is -2.38. The zero-order chi connectivity index (χ0) is 12.4. The maximum atomic E-state index is 10.7. The highest BCUT2D eigenvalue weighted by molar-refractivity contribution is 5.65. The summed E-state index contributed by atoms with van der Waals surface area (Å²) < 4.78 is 0. The number of hydrogen-bond acceptors (Lipinski definition) is 3. The van der Waals surface area contributed by atoms with Crippen LogP contribution >= 0.6 is 0 Å². The quantitative estimate of drug-likeness (QED) is 0.658. The molecule has 0 aromatic rings. The SMILES string of the molecule is CC(C)(C)NCC1(O)CCN(C(=O)O)CC1. The van der Waals surface area contributed by atoms with E-state index in [1.807, 2.05) is 20.8 Å². The van der Waals surface area contributed by atoms with Gasteiger partial charge in [0.15, 0.2) is 0 Å². The van der Waals surface area contributed by atoms with Gasteiger partial charge in [-0.25, -0.2) is 4.79 Å². The van der Waals surface area contributed by atoms with Crippen molar-refractivity contribution in [3.63, 3.8) is 0 Å². The fourth-order valence-electron chi connectivity index (χ4n) is 1.72. The van der Waals surface area contributed by atoms with Gasteiger partial charge >= 0.3 is 6.09 Å². The van der Waals surface area contributed by atoms with Crippen molar-refractivity contribution in [1.29, 1.82) is 0 Å². The second-order valence-electron chi connectivity index (χ2n) is 5.60. The van der Waals surface area contributed by atoms with Crippen LogP contribution in [0.5, 0.6) is 0 Å². The van der Waals surface area contributed by atoms with Crippen LogP contribution in [0.4, 0.5) is 4.79 Å². The lowest BCUT2D eigenvalue weighted by molar-refractivity contribution is -0.0194. The number of rotatable bonds is 2. The van der Waals surface area contributed by atoms with Crippen molar-refractivity contribution in [3.8, 4) is 0 Å². The van der Waals surface area contributed by atoms with Gasteiger partial charge in [-0.2, -0.15) is 0 Å². The molecule has 0 saturated carbocycles. The van der Waals surface area contributed by atoms with Crippen LogP contribution in [0.15, 0.2) is 0 Å². The van der Waals surface area contributed by atoms with Crippen molar-refractivity contribution in [2.24, 2.45) is 0 Å². The fourth-order valence-corrected chi connectivity index (χ4v) is 1.72. The van der Waals surface area contributed by atoms with E-state index in [0.29, 0.717) is 32.5 Å². The largest absolute Gasteiger partial charge is 0.465 e. The van der Waals surface area contributed by atoms with Crippen molar-refractivity contribution in [2.75, 3.05) is 19.6 Å². The van der Waals surface area contributed by atoms with E-state index < -0.39 is 11.7 Å². The maximum absolute atomic E-state index is 10.7. The molecule has 1 amide bonds. The third kappa shape index (κ3) is 3.98. The number of piperidine rings is 1. The predicted octanol–water partition coefficient (Wildman–Crippen LogP) is 0.879. The molecule has 1 saturated heterocycles. The van der Waals surface area contributed by atoms with Crippen molar-refractivity contribution >= 4 is 6.09 Å². The van der Waals surface area contributed by atoms with Crippen LogP contribution < -0.4 is 5.32 Å². The number of hydrogen-bond donors (Lipinski definition) is 3. The molecule has 5 nitrogen and oxygen atoms in total. The van der Waals surface area contributed by atoms with Crippen LogP contribution in [0, 0.1) is 0 Å². The molecule has 94 valence electrons. The first-order valence-electron chi connectivity index (χ1n) is 5.67. The smallest absolute Gasteiger partial charge is 0.407 e. The van der Waals surface area contributed by atoms with Crippen molar-refractivity contribution in [3.05, 3.63) is 0 Å². The third-order valence-corrected chi connectivity index (χ3v) is 2.91. The molecule has 0 bridgehead atoms. The van der Waals surface area contributed by atoms with Gasteiger partial charge in [-0.05, 0) is 33.6 Å². The highest BCUT2D eigenvalue weighted by atomic mass is 16.4. The van der Waals surface area contributed by atoms with Crippen molar-refractivity contribution in [1.82, 2.24) is 10.2 Å². The second-order valence-corrected chi connectivity index (χ2v) is 5.60. The first-order valence-corrected chi connectivity index (χ1v) is 5.67. The summed E-state index contributed by atoms with van der Waals surface area (Å²) in [6, 6.07) is 0. The van der Waals surface area contributed by atoms with E-state index >= 15 is 0 Å². The summed E-state index contributed by atoms with van der Waals surface area (Å²) in [6.45, 7) is 7.48. The van der Waals surface area contributed by atoms with E-state index in [0.717, 1.165) is 0 Å². The first-order chi connectivity index (χ1) is 7.22. The normalized spacial score (nSPS) is 20.9. The van der Waals surface area contributed by atoms with E-state index in [2.05, 4.69) is 5.32 Å². The van der Waals surface area contributed by atoms with E-state index in [-0.39, 0.29) is 5.54 Å². The number of likely N-dealkylation sites (tertiary alicyclic amines) is 1. The molecule has 3 N–H and O–H groups in total. The molecule has 1 heterocycles. The Morgan fingerprint density at radius 2 is 1.88 bits per heavy atom. The lowest BCUT2D eigenvalue weighted by atomic mass is 9.90. The van der Waals surface area contributed by atoms with Crippen LogP contribution in [-0.4, -0.2) is 52.0 Å². The molecule has 1 fully saturated rings. The highest BCUT2D eigenvalue weighted by Gasteiger charge is 2.34. The standard InChI is InChI=1S/C11H22N2O3/c1-10(2,3)12-8-11(16)4-6-13(7-5-11)9(14)15/h12,16H,4-8H2,1-3H3,(H,14,15). The number of nitrogens with one attached hydrogen (secondary N) is 1. The number of carbonyl (C=O) groups is 1. The first kappa shape index (κ1) is 13.3. The topological polar surface area (TPSA) is 72.8 Å². The number of aliphatic hydroxyl groups is 1. The van der Waals surface area contributed by atoms with E-state index in [1.165, 1.54) is 4.90 Å². The zero-order valence-corrected chi connectivity index (χ0v) is 10.3. The summed E-state index contributed by atoms with van der Waals surface area (Å²) in [7, 11) is 0. The number of nitrogens with zero attached hydrogens (tertiary/aromatic N) is 1. The minimum absolute atomic E-state index is 0.0281. The van der Waals surface area contributed by atoms with Gasteiger partial charge in [0.25, 0.3) is 0 Å². The average molecular weight is 230 g/mol. The Labute approximate surface area is 96.4 Å². The van der Waals surface area contributed by atoms with Crippen LogP contribution in [0.3, 0.4) is 0 Å². The minimum atomic E-state index is -0.897. The van der Waals surface area contributed by atoms with Gasteiger partial charge in [-0.15, -0.1) is 0 Å². The van der Waals surface area contributed by atoms with Crippen molar-refractivity contribution < 1.29 is 15.0 Å². The Hall–Kier alpha value is -0.810. The molecule has 16 heavy (non-hydrogen) atoms. The summed E-state index contributed by atoms with van der Waals surface area (Å²) in [5.41, 5.74) is -0.793. The Morgan fingerprint density at radius 3 is 2.25 bits per heavy atom. The minimum Gasteiger partial charge on any atom is -0.465 e. The molecule has 0 unspecified atom stereocenters. The molecule has 5 heteroatoms. The van der Waals surface area contributed by atoms with Gasteiger partial charge in [0.1, 0.15) is 0 Å². The summed E-state index contributed by atoms with van der Waals surface area (Å²) in [4.78, 5) is 12.1. The summed E-state index contributed by atoms with van der Waals surface area (Å²) >= 11 is 0. The second kappa shape index (κ2) is 4.59. The van der Waals surface area contributed by atoms with E-state index in [9.17, 15) is 9.90 Å². The predicted molar refractivity (Wildman–Crippen MR) is 61.5 cm³/mol. The van der Waals surface area contributed by atoms with Gasteiger partial charge in [0.2, 0.25) is 0 Å². The number of carboxylic acid groups (broad SMARTS) is 1. The third-order valence-electron chi connectivity index (χ3n) is 2.91. The van der Waals surface area contributed by atoms with Gasteiger partial charge in [0.05, 0.1) is 5.60 Å².